The van der Waals surface area contributed by atoms with Crippen LogP contribution < -0.4 is 10.7 Å². The van der Waals surface area contributed by atoms with E-state index in [1.54, 1.807) is 25.1 Å². The van der Waals surface area contributed by atoms with Gasteiger partial charge in [-0.2, -0.15) is 5.10 Å². The van der Waals surface area contributed by atoms with E-state index in [0.29, 0.717) is 40.6 Å². The molecular weight excluding hydrogens is 382 g/mol. The van der Waals surface area contributed by atoms with Crippen LogP contribution in [0.25, 0.3) is 0 Å². The molecule has 7 nitrogen and oxygen atoms in total. The van der Waals surface area contributed by atoms with Crippen molar-refractivity contribution in [1.82, 2.24) is 5.43 Å². The van der Waals surface area contributed by atoms with E-state index in [-0.39, 0.29) is 18.3 Å². The Morgan fingerprint density at radius 3 is 2.79 bits per heavy atom. The Labute approximate surface area is 168 Å². The van der Waals surface area contributed by atoms with Gasteiger partial charge < -0.3 is 14.5 Å². The van der Waals surface area contributed by atoms with Crippen LogP contribution in [-0.2, 0) is 11.2 Å². The first-order valence-electron chi connectivity index (χ1n) is 9.10. The van der Waals surface area contributed by atoms with E-state index in [1.165, 1.54) is 0 Å². The monoisotopic (exact) mass is 403 g/mol. The Balaban J connectivity index is 1.87. The van der Waals surface area contributed by atoms with E-state index in [1.807, 2.05) is 13.8 Å². The van der Waals surface area contributed by atoms with Crippen LogP contribution in [0, 0.1) is 13.8 Å². The molecule has 1 aliphatic rings. The van der Waals surface area contributed by atoms with Gasteiger partial charge in [-0.15, -0.1) is 0 Å². The molecule has 1 aromatic heterocycles. The number of carbonyl (C=O) groups excluding carboxylic acids is 2. The predicted octanol–water partition coefficient (Wildman–Crippen LogP) is 4.59. The second-order valence-corrected chi connectivity index (χ2v) is 6.87. The zero-order chi connectivity index (χ0) is 20.3. The van der Waals surface area contributed by atoms with Crippen LogP contribution in [0.5, 0.6) is 0 Å². The second-order valence-electron chi connectivity index (χ2n) is 6.47. The third kappa shape index (κ3) is 4.04. The van der Waals surface area contributed by atoms with Gasteiger partial charge in [0.15, 0.2) is 5.76 Å². The third-order valence-corrected chi connectivity index (χ3v) is 5.01. The highest BCUT2D eigenvalue weighted by Gasteiger charge is 2.28. The number of aryl methyl sites for hydroxylation is 1. The normalized spacial score (nSPS) is 14.5. The van der Waals surface area contributed by atoms with Crippen LogP contribution in [-0.4, -0.2) is 24.3 Å². The van der Waals surface area contributed by atoms with Crippen molar-refractivity contribution in [1.29, 1.82) is 0 Å². The number of carbonyl (C=O) groups is 2. The number of fused-ring (bicyclic) bond motifs is 1. The highest BCUT2D eigenvalue weighted by molar-refractivity contribution is 6.31. The lowest BCUT2D eigenvalue weighted by Crippen LogP contribution is -2.22. The zero-order valence-corrected chi connectivity index (χ0v) is 16.8. The summed E-state index contributed by atoms with van der Waals surface area (Å²) < 4.78 is 10.7. The maximum atomic E-state index is 12.8. The van der Waals surface area contributed by atoms with Gasteiger partial charge in [0, 0.05) is 28.3 Å². The number of hydrogen-bond donors (Lipinski definition) is 2. The Hall–Kier alpha value is -2.80. The number of anilines is 1. The Morgan fingerprint density at radius 1 is 1.25 bits per heavy atom. The first kappa shape index (κ1) is 19.9. The number of nitrogens with one attached hydrogen (secondary N) is 2. The first-order chi connectivity index (χ1) is 13.4. The molecule has 0 aliphatic heterocycles. The predicted molar refractivity (Wildman–Crippen MR) is 107 cm³/mol. The topological polar surface area (TPSA) is 92.9 Å². The van der Waals surface area contributed by atoms with Crippen molar-refractivity contribution in [3.8, 4) is 0 Å². The lowest BCUT2D eigenvalue weighted by molar-refractivity contribution is 0.0994. The molecule has 1 heterocycles. The van der Waals surface area contributed by atoms with E-state index in [2.05, 4.69) is 15.8 Å². The molecule has 2 N–H and O–H groups in total. The lowest BCUT2D eigenvalue weighted by Gasteiger charge is -2.13. The van der Waals surface area contributed by atoms with Crippen molar-refractivity contribution in [2.24, 2.45) is 5.10 Å². The fourth-order valence-corrected chi connectivity index (χ4v) is 3.37. The van der Waals surface area contributed by atoms with Crippen molar-refractivity contribution in [2.75, 3.05) is 11.9 Å². The molecule has 0 saturated heterocycles. The van der Waals surface area contributed by atoms with Crippen LogP contribution in [0.1, 0.15) is 52.8 Å². The minimum Gasteiger partial charge on any atom is -0.455 e. The molecule has 2 aromatic rings. The van der Waals surface area contributed by atoms with Gasteiger partial charge in [-0.25, -0.2) is 10.2 Å². The number of amides is 2. The van der Waals surface area contributed by atoms with Gasteiger partial charge in [0.25, 0.3) is 5.91 Å². The fraction of sp³-hybridized carbons (Fsp3) is 0.350. The number of rotatable bonds is 4. The van der Waals surface area contributed by atoms with Crippen molar-refractivity contribution in [2.45, 2.75) is 40.0 Å². The minimum absolute atomic E-state index is 0.232. The summed E-state index contributed by atoms with van der Waals surface area (Å²) in [5.74, 6) is 0.575. The van der Waals surface area contributed by atoms with E-state index < -0.39 is 6.09 Å². The highest BCUT2D eigenvalue weighted by atomic mass is 35.5. The molecule has 1 aromatic carbocycles. The highest BCUT2D eigenvalue weighted by Crippen LogP contribution is 2.31. The first-order valence-corrected chi connectivity index (χ1v) is 9.48. The summed E-state index contributed by atoms with van der Waals surface area (Å²) in [6.07, 6.45) is 1.59. The SMILES string of the molecule is CCOC(=O)N/N=C1\CCCc2oc(C(=O)Nc3cccc(Cl)c3C)c(C)c21. The minimum atomic E-state index is -0.613. The Kier molecular flexibility index (Phi) is 6.04. The van der Waals surface area contributed by atoms with Crippen molar-refractivity contribution < 1.29 is 18.7 Å². The molecule has 0 spiro atoms. The molecule has 2 amide bonds. The maximum absolute atomic E-state index is 12.8. The molecule has 28 heavy (non-hydrogen) atoms. The van der Waals surface area contributed by atoms with E-state index in [9.17, 15) is 9.59 Å². The molecule has 0 saturated carbocycles. The molecule has 0 radical (unpaired) electrons. The van der Waals surface area contributed by atoms with Crippen molar-refractivity contribution >= 4 is 35.0 Å². The van der Waals surface area contributed by atoms with Crippen LogP contribution in [0.4, 0.5) is 10.5 Å². The molecule has 148 valence electrons. The summed E-state index contributed by atoms with van der Waals surface area (Å²) in [6.45, 7) is 5.63. The summed E-state index contributed by atoms with van der Waals surface area (Å²) in [7, 11) is 0. The number of halogens is 1. The van der Waals surface area contributed by atoms with Gasteiger partial charge >= 0.3 is 6.09 Å². The van der Waals surface area contributed by atoms with Gasteiger partial charge in [-0.3, -0.25) is 4.79 Å². The average Bonchev–Trinajstić information content (AvgIpc) is 3.01. The molecule has 8 heteroatoms. The lowest BCUT2D eigenvalue weighted by atomic mass is 9.93. The number of nitrogens with zero attached hydrogens (tertiary/aromatic N) is 1. The Morgan fingerprint density at radius 2 is 2.04 bits per heavy atom. The molecule has 0 atom stereocenters. The molecule has 0 fully saturated rings. The summed E-state index contributed by atoms with van der Waals surface area (Å²) in [6, 6.07) is 5.33. The summed E-state index contributed by atoms with van der Waals surface area (Å²) in [5, 5.41) is 7.60. The van der Waals surface area contributed by atoms with Gasteiger partial charge in [-0.1, -0.05) is 17.7 Å². The quantitative estimate of drug-likeness (QED) is 0.730. The van der Waals surface area contributed by atoms with Gasteiger partial charge in [0.05, 0.1) is 12.3 Å². The summed E-state index contributed by atoms with van der Waals surface area (Å²) in [5.41, 5.74) is 5.94. The Bertz CT molecular complexity index is 949. The number of ether oxygens (including phenoxy) is 1. The summed E-state index contributed by atoms with van der Waals surface area (Å²) in [4.78, 5) is 24.3. The van der Waals surface area contributed by atoms with E-state index in [4.69, 9.17) is 20.8 Å². The number of hydrazone groups is 1. The van der Waals surface area contributed by atoms with Gasteiger partial charge in [0.1, 0.15) is 5.76 Å². The number of hydrogen-bond acceptors (Lipinski definition) is 5. The summed E-state index contributed by atoms with van der Waals surface area (Å²) >= 11 is 6.12. The van der Waals surface area contributed by atoms with E-state index >= 15 is 0 Å². The molecular formula is C20H22ClN3O4. The van der Waals surface area contributed by atoms with Crippen LogP contribution in [0.15, 0.2) is 27.7 Å². The van der Waals surface area contributed by atoms with Gasteiger partial charge in [-0.05, 0) is 51.3 Å². The van der Waals surface area contributed by atoms with Crippen molar-refractivity contribution in [3.63, 3.8) is 0 Å². The fourth-order valence-electron chi connectivity index (χ4n) is 3.20. The standard InChI is InChI=1S/C20H22ClN3O4/c1-4-27-20(26)24-23-15-9-6-10-16-17(15)12(3)18(28-16)19(25)22-14-8-5-7-13(21)11(14)2/h5,7-8H,4,6,9-10H2,1-3H3,(H,22,25)(H,24,26)/b23-15+. The maximum Gasteiger partial charge on any atom is 0.427 e. The molecule has 0 unspecified atom stereocenters. The van der Waals surface area contributed by atoms with Crippen LogP contribution in [0.3, 0.4) is 0 Å². The van der Waals surface area contributed by atoms with Crippen LogP contribution in [0.2, 0.25) is 5.02 Å². The molecule has 3 rings (SSSR count). The molecule has 0 bridgehead atoms. The molecule has 1 aliphatic carbocycles. The smallest absolute Gasteiger partial charge is 0.427 e. The van der Waals surface area contributed by atoms with Crippen LogP contribution >= 0.6 is 11.6 Å². The second kappa shape index (κ2) is 8.48. The van der Waals surface area contributed by atoms with Crippen molar-refractivity contribution in [3.05, 3.63) is 51.4 Å². The average molecular weight is 404 g/mol. The zero-order valence-electron chi connectivity index (χ0n) is 16.0. The third-order valence-electron chi connectivity index (χ3n) is 4.61. The number of benzene rings is 1. The van der Waals surface area contributed by atoms with E-state index in [0.717, 1.165) is 17.5 Å². The largest absolute Gasteiger partial charge is 0.455 e. The number of furan rings is 1. The van der Waals surface area contributed by atoms with Gasteiger partial charge in [0.2, 0.25) is 0 Å².